The van der Waals surface area contributed by atoms with E-state index in [0.29, 0.717) is 24.9 Å². The van der Waals surface area contributed by atoms with Gasteiger partial charge < -0.3 is 9.64 Å². The monoisotopic (exact) mass is 392 g/mol. The topological polar surface area (TPSA) is 76.8 Å². The smallest absolute Gasteiger partial charge is 0.337 e. The van der Waals surface area contributed by atoms with Crippen molar-refractivity contribution in [3.05, 3.63) is 58.0 Å². The maximum absolute atomic E-state index is 12.9. The fraction of sp³-hybridized carbons (Fsp3) is 0.364. The van der Waals surface area contributed by atoms with Gasteiger partial charge in [0.05, 0.1) is 18.4 Å². The molecule has 1 aliphatic rings. The summed E-state index contributed by atoms with van der Waals surface area (Å²) in [4.78, 5) is 31.1. The van der Waals surface area contributed by atoms with Gasteiger partial charge >= 0.3 is 5.97 Å². The minimum Gasteiger partial charge on any atom is -0.465 e. The first kappa shape index (κ1) is 19.1. The molecule has 0 saturated heterocycles. The summed E-state index contributed by atoms with van der Waals surface area (Å²) >= 11 is 0. The van der Waals surface area contributed by atoms with E-state index in [2.05, 4.69) is 10.1 Å². The van der Waals surface area contributed by atoms with Gasteiger partial charge in [-0.05, 0) is 62.9 Å². The van der Waals surface area contributed by atoms with Crippen molar-refractivity contribution in [2.45, 2.75) is 40.0 Å². The molecule has 29 heavy (non-hydrogen) atoms. The number of anilines is 1. The van der Waals surface area contributed by atoms with Crippen LogP contribution >= 0.6 is 0 Å². The molecule has 3 heterocycles. The molecule has 150 valence electrons. The Hall–Kier alpha value is -3.22. The summed E-state index contributed by atoms with van der Waals surface area (Å²) in [6.07, 6.45) is 1.75. The van der Waals surface area contributed by atoms with E-state index in [0.717, 1.165) is 46.0 Å². The predicted octanol–water partition coefficient (Wildman–Crippen LogP) is 2.96. The van der Waals surface area contributed by atoms with Crippen molar-refractivity contribution in [1.82, 2.24) is 14.6 Å². The predicted molar refractivity (Wildman–Crippen MR) is 109 cm³/mol. The quantitative estimate of drug-likeness (QED) is 0.638. The number of rotatable bonds is 4. The number of hydrogen-bond acceptors (Lipinski definition) is 5. The van der Waals surface area contributed by atoms with Crippen molar-refractivity contribution in [3.63, 3.8) is 0 Å². The normalized spacial score (nSPS) is 13.0. The van der Waals surface area contributed by atoms with Crippen LogP contribution in [0.2, 0.25) is 0 Å². The molecule has 0 bridgehead atoms. The zero-order valence-corrected chi connectivity index (χ0v) is 17.2. The molecule has 1 amide bonds. The van der Waals surface area contributed by atoms with Crippen LogP contribution in [0.3, 0.4) is 0 Å². The Balaban J connectivity index is 1.52. The number of ether oxygens (including phenoxy) is 1. The van der Waals surface area contributed by atoms with Crippen LogP contribution < -0.4 is 4.90 Å². The average Bonchev–Trinajstić information content (AvgIpc) is 3.29. The van der Waals surface area contributed by atoms with Crippen molar-refractivity contribution in [2.75, 3.05) is 18.6 Å². The molecule has 2 aromatic heterocycles. The van der Waals surface area contributed by atoms with Crippen LogP contribution in [0.4, 0.5) is 5.69 Å². The Morgan fingerprint density at radius 2 is 1.97 bits per heavy atom. The number of aromatic nitrogens is 3. The number of amides is 1. The first-order valence-corrected chi connectivity index (χ1v) is 9.73. The number of carbonyl (C=O) groups excluding carboxylic acids is 2. The van der Waals surface area contributed by atoms with Gasteiger partial charge in [-0.1, -0.05) is 0 Å². The van der Waals surface area contributed by atoms with Gasteiger partial charge in [0, 0.05) is 36.1 Å². The van der Waals surface area contributed by atoms with Gasteiger partial charge in [0.15, 0.2) is 5.65 Å². The largest absolute Gasteiger partial charge is 0.465 e. The van der Waals surface area contributed by atoms with Crippen LogP contribution in [-0.2, 0) is 22.4 Å². The molecule has 0 unspecified atom stereocenters. The van der Waals surface area contributed by atoms with E-state index >= 15 is 0 Å². The molecule has 0 saturated carbocycles. The zero-order chi connectivity index (χ0) is 20.7. The minimum absolute atomic E-state index is 0.0742. The first-order chi connectivity index (χ1) is 13.9. The van der Waals surface area contributed by atoms with E-state index in [-0.39, 0.29) is 11.9 Å². The van der Waals surface area contributed by atoms with Gasteiger partial charge in [-0.3, -0.25) is 4.79 Å². The SMILES string of the molecule is COC(=O)c1ccc2c(c1)CCN2C(=O)CCc1c(C)nc2cc(C)nn2c1C. The molecule has 0 N–H and O–H groups in total. The standard InChI is InChI=1S/C22H24N4O3/c1-13-11-20-23-14(2)18(15(3)26(20)24-13)6-8-21(27)25-10-9-16-12-17(22(28)29-4)5-7-19(16)25/h5,7,11-12H,6,8-10H2,1-4H3. The lowest BCUT2D eigenvalue weighted by Gasteiger charge is -2.18. The molecule has 7 nitrogen and oxygen atoms in total. The van der Waals surface area contributed by atoms with E-state index < -0.39 is 0 Å². The van der Waals surface area contributed by atoms with Gasteiger partial charge in [0.2, 0.25) is 5.91 Å². The molecule has 1 aromatic carbocycles. The number of fused-ring (bicyclic) bond motifs is 2. The lowest BCUT2D eigenvalue weighted by molar-refractivity contribution is -0.118. The van der Waals surface area contributed by atoms with Crippen molar-refractivity contribution in [3.8, 4) is 0 Å². The van der Waals surface area contributed by atoms with Crippen molar-refractivity contribution >= 4 is 23.2 Å². The van der Waals surface area contributed by atoms with Crippen LogP contribution in [0.1, 0.15) is 45.0 Å². The van der Waals surface area contributed by atoms with Gasteiger partial charge in [0.25, 0.3) is 0 Å². The third-order valence-electron chi connectivity index (χ3n) is 5.57. The van der Waals surface area contributed by atoms with Crippen molar-refractivity contribution < 1.29 is 14.3 Å². The minimum atomic E-state index is -0.361. The zero-order valence-electron chi connectivity index (χ0n) is 17.2. The second kappa shape index (κ2) is 7.31. The highest BCUT2D eigenvalue weighted by Gasteiger charge is 2.26. The van der Waals surface area contributed by atoms with Crippen molar-refractivity contribution in [1.29, 1.82) is 0 Å². The van der Waals surface area contributed by atoms with Crippen LogP contribution in [0.15, 0.2) is 24.3 Å². The number of aryl methyl sites for hydroxylation is 3. The van der Waals surface area contributed by atoms with Gasteiger partial charge in [0.1, 0.15) is 0 Å². The Kier molecular flexibility index (Phi) is 4.82. The van der Waals surface area contributed by atoms with Crippen LogP contribution in [-0.4, -0.2) is 40.1 Å². The third kappa shape index (κ3) is 3.37. The Morgan fingerprint density at radius 1 is 1.17 bits per heavy atom. The summed E-state index contributed by atoms with van der Waals surface area (Å²) in [7, 11) is 1.37. The maximum atomic E-state index is 12.9. The Labute approximate surface area is 169 Å². The van der Waals surface area contributed by atoms with Gasteiger partial charge in [-0.2, -0.15) is 5.10 Å². The van der Waals surface area contributed by atoms with E-state index in [9.17, 15) is 9.59 Å². The second-order valence-corrected chi connectivity index (χ2v) is 7.45. The number of hydrogen-bond donors (Lipinski definition) is 0. The number of carbonyl (C=O) groups is 2. The number of esters is 1. The van der Waals surface area contributed by atoms with Crippen LogP contribution in [0.25, 0.3) is 5.65 Å². The first-order valence-electron chi connectivity index (χ1n) is 9.73. The van der Waals surface area contributed by atoms with E-state index in [1.54, 1.807) is 6.07 Å². The van der Waals surface area contributed by atoms with E-state index in [1.165, 1.54) is 7.11 Å². The second-order valence-electron chi connectivity index (χ2n) is 7.45. The summed E-state index contributed by atoms with van der Waals surface area (Å²) in [6.45, 7) is 6.58. The molecule has 0 fully saturated rings. The summed E-state index contributed by atoms with van der Waals surface area (Å²) in [6, 6.07) is 7.32. The molecule has 0 atom stereocenters. The Bertz CT molecular complexity index is 1130. The average molecular weight is 392 g/mol. The molecular formula is C22H24N4O3. The lowest BCUT2D eigenvalue weighted by atomic mass is 10.1. The lowest BCUT2D eigenvalue weighted by Crippen LogP contribution is -2.29. The summed E-state index contributed by atoms with van der Waals surface area (Å²) in [5.74, 6) is -0.287. The molecule has 0 radical (unpaired) electrons. The van der Waals surface area contributed by atoms with E-state index in [1.807, 2.05) is 48.4 Å². The number of benzene rings is 1. The third-order valence-corrected chi connectivity index (χ3v) is 5.57. The highest BCUT2D eigenvalue weighted by Crippen LogP contribution is 2.30. The fourth-order valence-corrected chi connectivity index (χ4v) is 4.08. The summed E-state index contributed by atoms with van der Waals surface area (Å²) < 4.78 is 6.63. The highest BCUT2D eigenvalue weighted by atomic mass is 16.5. The molecule has 0 aliphatic carbocycles. The number of methoxy groups -OCH3 is 1. The molecule has 3 aromatic rings. The van der Waals surface area contributed by atoms with Gasteiger partial charge in [-0.25, -0.2) is 14.3 Å². The molecule has 7 heteroatoms. The summed E-state index contributed by atoms with van der Waals surface area (Å²) in [5.41, 5.74) is 7.19. The van der Waals surface area contributed by atoms with E-state index in [4.69, 9.17) is 4.74 Å². The molecule has 0 spiro atoms. The fourth-order valence-electron chi connectivity index (χ4n) is 4.08. The van der Waals surface area contributed by atoms with Crippen LogP contribution in [0, 0.1) is 20.8 Å². The Morgan fingerprint density at radius 3 is 2.72 bits per heavy atom. The van der Waals surface area contributed by atoms with Crippen LogP contribution in [0.5, 0.6) is 0 Å². The molecular weight excluding hydrogens is 368 g/mol. The number of nitrogens with zero attached hydrogens (tertiary/aromatic N) is 4. The van der Waals surface area contributed by atoms with Gasteiger partial charge in [-0.15, -0.1) is 0 Å². The van der Waals surface area contributed by atoms with Crippen molar-refractivity contribution in [2.24, 2.45) is 0 Å². The summed E-state index contributed by atoms with van der Waals surface area (Å²) in [5, 5.41) is 4.50. The maximum Gasteiger partial charge on any atom is 0.337 e. The molecule has 1 aliphatic heterocycles. The highest BCUT2D eigenvalue weighted by molar-refractivity contribution is 5.97. The molecule has 4 rings (SSSR count).